The largest absolute Gasteiger partial charge is 0.394 e. The highest BCUT2D eigenvalue weighted by Gasteiger charge is 2.43. The molecular weight excluding hydrogens is 246 g/mol. The number of nitrogens with zero attached hydrogens (tertiary/aromatic N) is 2. The molecule has 0 aromatic carbocycles. The van der Waals surface area contributed by atoms with Gasteiger partial charge < -0.3 is 29.9 Å². The normalized spacial score (nSPS) is 36.8. The number of aliphatic hydroxyl groups excluding tert-OH is 4. The van der Waals surface area contributed by atoms with Crippen molar-refractivity contribution in [2.75, 3.05) is 6.61 Å². The number of aromatic amines is 1. The van der Waals surface area contributed by atoms with Gasteiger partial charge in [-0.05, 0) is 0 Å². The Kier molecular flexibility index (Phi) is 4.22. The second-order valence-electron chi connectivity index (χ2n) is 3.97. The Hall–Kier alpha value is -1.10. The van der Waals surface area contributed by atoms with Crippen molar-refractivity contribution in [3.63, 3.8) is 0 Å². The van der Waals surface area contributed by atoms with Gasteiger partial charge in [-0.1, -0.05) is 0 Å². The standard InChI is InChI=1S/C9H15N3O6/c13-2-5-6(14)7(15)8(16)9(18-5)17-3-4-1-10-12-11-4/h1,5-9,13-16H,2-3H2,(H,10,11,12)/t5-,6-,7+,8+,9?/m1/s1. The van der Waals surface area contributed by atoms with Crippen LogP contribution in [-0.2, 0) is 16.1 Å². The maximum absolute atomic E-state index is 9.66. The van der Waals surface area contributed by atoms with Crippen LogP contribution in [-0.4, -0.2) is 73.1 Å². The molecule has 1 unspecified atom stereocenters. The molecule has 1 aliphatic heterocycles. The summed E-state index contributed by atoms with van der Waals surface area (Å²) < 4.78 is 10.4. The average Bonchev–Trinajstić information content (AvgIpc) is 2.88. The van der Waals surface area contributed by atoms with E-state index in [1.165, 1.54) is 6.20 Å². The first-order valence-corrected chi connectivity index (χ1v) is 5.40. The van der Waals surface area contributed by atoms with Gasteiger partial charge in [-0.25, -0.2) is 0 Å². The molecule has 1 aliphatic rings. The number of rotatable bonds is 4. The fraction of sp³-hybridized carbons (Fsp3) is 0.778. The first-order valence-electron chi connectivity index (χ1n) is 5.40. The molecule has 102 valence electrons. The summed E-state index contributed by atoms with van der Waals surface area (Å²) in [6, 6.07) is 0. The van der Waals surface area contributed by atoms with Crippen LogP contribution < -0.4 is 0 Å². The van der Waals surface area contributed by atoms with Crippen molar-refractivity contribution in [1.29, 1.82) is 0 Å². The smallest absolute Gasteiger partial charge is 0.187 e. The fourth-order valence-electron chi connectivity index (χ4n) is 1.67. The van der Waals surface area contributed by atoms with Crippen molar-refractivity contribution in [2.45, 2.75) is 37.3 Å². The molecule has 2 rings (SSSR count). The molecule has 0 amide bonds. The molecule has 9 nitrogen and oxygen atoms in total. The quantitative estimate of drug-likeness (QED) is 0.389. The summed E-state index contributed by atoms with van der Waals surface area (Å²) in [5.41, 5.74) is 0.493. The Morgan fingerprint density at radius 3 is 2.67 bits per heavy atom. The van der Waals surface area contributed by atoms with Gasteiger partial charge in [0.1, 0.15) is 30.1 Å². The first kappa shape index (κ1) is 13.3. The maximum atomic E-state index is 9.66. The average molecular weight is 261 g/mol. The molecule has 18 heavy (non-hydrogen) atoms. The third-order valence-corrected chi connectivity index (χ3v) is 2.71. The van der Waals surface area contributed by atoms with E-state index in [0.717, 1.165) is 0 Å². The van der Waals surface area contributed by atoms with Gasteiger partial charge in [0.05, 0.1) is 19.4 Å². The number of H-pyrrole nitrogens is 1. The summed E-state index contributed by atoms with van der Waals surface area (Å²) in [4.78, 5) is 0. The third-order valence-electron chi connectivity index (χ3n) is 2.71. The number of ether oxygens (including phenoxy) is 2. The number of nitrogens with one attached hydrogen (secondary N) is 1. The first-order chi connectivity index (χ1) is 8.63. The molecule has 1 saturated heterocycles. The molecule has 1 aromatic heterocycles. The van der Waals surface area contributed by atoms with Gasteiger partial charge in [-0.2, -0.15) is 15.4 Å². The van der Waals surface area contributed by atoms with Crippen LogP contribution in [0.1, 0.15) is 5.69 Å². The highest BCUT2D eigenvalue weighted by molar-refractivity contribution is 4.91. The van der Waals surface area contributed by atoms with Crippen LogP contribution in [0, 0.1) is 0 Å². The predicted octanol–water partition coefficient (Wildman–Crippen LogP) is -2.88. The van der Waals surface area contributed by atoms with Crippen LogP contribution in [0.4, 0.5) is 0 Å². The zero-order valence-corrected chi connectivity index (χ0v) is 9.38. The second kappa shape index (κ2) is 5.69. The Labute approximate surface area is 102 Å². The lowest BCUT2D eigenvalue weighted by Gasteiger charge is -2.39. The van der Waals surface area contributed by atoms with Crippen molar-refractivity contribution >= 4 is 0 Å². The van der Waals surface area contributed by atoms with Crippen LogP contribution in [0.2, 0.25) is 0 Å². The Morgan fingerprint density at radius 2 is 2.06 bits per heavy atom. The number of aliphatic hydroxyl groups is 4. The van der Waals surface area contributed by atoms with Crippen molar-refractivity contribution in [2.24, 2.45) is 0 Å². The second-order valence-corrected chi connectivity index (χ2v) is 3.97. The minimum absolute atomic E-state index is 0.0131. The lowest BCUT2D eigenvalue weighted by Crippen LogP contribution is -2.59. The molecule has 5 atom stereocenters. The van der Waals surface area contributed by atoms with Crippen molar-refractivity contribution in [3.8, 4) is 0 Å². The van der Waals surface area contributed by atoms with Crippen molar-refractivity contribution in [1.82, 2.24) is 15.4 Å². The lowest BCUT2D eigenvalue weighted by atomic mass is 9.99. The molecule has 0 bridgehead atoms. The third kappa shape index (κ3) is 2.66. The molecular formula is C9H15N3O6. The SMILES string of the molecule is OC[C@H]1OC(OCc2cn[nH]n2)[C@@H](O)[C@@H](O)[C@@H]1O. The van der Waals surface area contributed by atoms with Crippen LogP contribution >= 0.6 is 0 Å². The zero-order valence-electron chi connectivity index (χ0n) is 9.38. The highest BCUT2D eigenvalue weighted by Crippen LogP contribution is 2.22. The molecule has 0 spiro atoms. The van der Waals surface area contributed by atoms with Crippen LogP contribution in [0.25, 0.3) is 0 Å². The van der Waals surface area contributed by atoms with E-state index in [1.54, 1.807) is 0 Å². The van der Waals surface area contributed by atoms with Crippen LogP contribution in [0.5, 0.6) is 0 Å². The molecule has 0 aliphatic carbocycles. The Morgan fingerprint density at radius 1 is 1.28 bits per heavy atom. The summed E-state index contributed by atoms with van der Waals surface area (Å²) >= 11 is 0. The number of aromatic nitrogens is 3. The summed E-state index contributed by atoms with van der Waals surface area (Å²) in [6.07, 6.45) is -4.95. The van der Waals surface area contributed by atoms with Crippen molar-refractivity contribution in [3.05, 3.63) is 11.9 Å². The summed E-state index contributed by atoms with van der Waals surface area (Å²) in [5, 5.41) is 47.4. The monoisotopic (exact) mass is 261 g/mol. The minimum Gasteiger partial charge on any atom is -0.394 e. The lowest BCUT2D eigenvalue weighted by molar-refractivity contribution is -0.304. The van der Waals surface area contributed by atoms with E-state index in [4.69, 9.17) is 14.6 Å². The van der Waals surface area contributed by atoms with Gasteiger partial charge in [-0.3, -0.25) is 0 Å². The van der Waals surface area contributed by atoms with Gasteiger partial charge in [0, 0.05) is 0 Å². The van der Waals surface area contributed by atoms with Crippen LogP contribution in [0.3, 0.4) is 0 Å². The molecule has 1 aromatic rings. The highest BCUT2D eigenvalue weighted by atomic mass is 16.7. The molecule has 1 fully saturated rings. The van der Waals surface area contributed by atoms with E-state index < -0.39 is 37.3 Å². The number of hydrogen-bond donors (Lipinski definition) is 5. The van der Waals surface area contributed by atoms with Crippen LogP contribution in [0.15, 0.2) is 6.20 Å². The topological polar surface area (TPSA) is 141 Å². The Bertz CT molecular complexity index is 359. The van der Waals surface area contributed by atoms with Gasteiger partial charge in [0.15, 0.2) is 6.29 Å². The van der Waals surface area contributed by atoms with Crippen molar-refractivity contribution < 1.29 is 29.9 Å². The summed E-state index contributed by atoms with van der Waals surface area (Å²) in [5.74, 6) is 0. The van der Waals surface area contributed by atoms with E-state index in [0.29, 0.717) is 5.69 Å². The van der Waals surface area contributed by atoms with E-state index in [2.05, 4.69) is 15.4 Å². The zero-order chi connectivity index (χ0) is 13.1. The van der Waals surface area contributed by atoms with E-state index in [-0.39, 0.29) is 6.61 Å². The van der Waals surface area contributed by atoms with E-state index in [9.17, 15) is 15.3 Å². The minimum atomic E-state index is -1.45. The van der Waals surface area contributed by atoms with Gasteiger partial charge in [0.25, 0.3) is 0 Å². The van der Waals surface area contributed by atoms with E-state index >= 15 is 0 Å². The molecule has 0 radical (unpaired) electrons. The predicted molar refractivity (Wildman–Crippen MR) is 54.9 cm³/mol. The maximum Gasteiger partial charge on any atom is 0.187 e. The molecule has 0 saturated carbocycles. The van der Waals surface area contributed by atoms with Gasteiger partial charge in [-0.15, -0.1) is 0 Å². The molecule has 2 heterocycles. The van der Waals surface area contributed by atoms with E-state index in [1.807, 2.05) is 0 Å². The van der Waals surface area contributed by atoms with Gasteiger partial charge >= 0.3 is 0 Å². The summed E-state index contributed by atoms with van der Waals surface area (Å²) in [7, 11) is 0. The summed E-state index contributed by atoms with van der Waals surface area (Å²) in [6.45, 7) is -0.478. The molecule has 5 N–H and O–H groups in total. The fourth-order valence-corrected chi connectivity index (χ4v) is 1.67. The molecule has 9 heteroatoms. The Balaban J connectivity index is 1.94. The van der Waals surface area contributed by atoms with Gasteiger partial charge in [0.2, 0.25) is 0 Å². The number of hydrogen-bond acceptors (Lipinski definition) is 8.